The summed E-state index contributed by atoms with van der Waals surface area (Å²) in [7, 11) is -1.70. The SMILES string of the molecule is CNCCCC(=O)NCC(C)(C)S(=O)(=O)c1ccc(Br)cc1. The van der Waals surface area contributed by atoms with Gasteiger partial charge in [0, 0.05) is 17.4 Å². The van der Waals surface area contributed by atoms with E-state index in [-0.39, 0.29) is 17.3 Å². The Morgan fingerprint density at radius 3 is 2.36 bits per heavy atom. The van der Waals surface area contributed by atoms with E-state index in [9.17, 15) is 13.2 Å². The van der Waals surface area contributed by atoms with Gasteiger partial charge >= 0.3 is 0 Å². The van der Waals surface area contributed by atoms with Crippen LogP contribution in [0.3, 0.4) is 0 Å². The zero-order valence-electron chi connectivity index (χ0n) is 13.1. The van der Waals surface area contributed by atoms with Gasteiger partial charge in [-0.2, -0.15) is 0 Å². The summed E-state index contributed by atoms with van der Waals surface area (Å²) in [6, 6.07) is 6.52. The molecule has 0 aliphatic heterocycles. The molecule has 0 saturated heterocycles. The van der Waals surface area contributed by atoms with Crippen molar-refractivity contribution in [1.29, 1.82) is 0 Å². The monoisotopic (exact) mass is 390 g/mol. The first-order valence-corrected chi connectivity index (χ1v) is 9.40. The molecule has 0 bridgehead atoms. The minimum Gasteiger partial charge on any atom is -0.355 e. The van der Waals surface area contributed by atoms with Crippen molar-refractivity contribution >= 4 is 31.7 Å². The van der Waals surface area contributed by atoms with Crippen molar-refractivity contribution in [2.45, 2.75) is 36.3 Å². The highest BCUT2D eigenvalue weighted by Gasteiger charge is 2.35. The lowest BCUT2D eigenvalue weighted by atomic mass is 10.2. The Bertz CT molecular complexity index is 598. The molecule has 0 heterocycles. The van der Waals surface area contributed by atoms with Crippen molar-refractivity contribution in [3.05, 3.63) is 28.7 Å². The highest BCUT2D eigenvalue weighted by atomic mass is 79.9. The first kappa shape index (κ1) is 19.1. The molecule has 0 radical (unpaired) electrons. The maximum Gasteiger partial charge on any atom is 0.220 e. The molecular weight excluding hydrogens is 368 g/mol. The lowest BCUT2D eigenvalue weighted by Crippen LogP contribution is -2.44. The highest BCUT2D eigenvalue weighted by molar-refractivity contribution is 9.10. The summed E-state index contributed by atoms with van der Waals surface area (Å²) in [6.07, 6.45) is 1.11. The molecular formula is C15H23BrN2O3S. The Balaban J connectivity index is 2.72. The summed E-state index contributed by atoms with van der Waals surface area (Å²) in [5, 5.41) is 5.68. The smallest absolute Gasteiger partial charge is 0.220 e. The molecule has 1 aromatic rings. The molecule has 0 atom stereocenters. The Hall–Kier alpha value is -0.920. The number of benzene rings is 1. The van der Waals surface area contributed by atoms with Crippen molar-refractivity contribution in [3.63, 3.8) is 0 Å². The van der Waals surface area contributed by atoms with Crippen LogP contribution in [0.1, 0.15) is 26.7 Å². The zero-order chi connectivity index (χ0) is 16.8. The largest absolute Gasteiger partial charge is 0.355 e. The van der Waals surface area contributed by atoms with Crippen LogP contribution in [0.2, 0.25) is 0 Å². The van der Waals surface area contributed by atoms with E-state index < -0.39 is 14.6 Å². The fourth-order valence-corrected chi connectivity index (χ4v) is 3.51. The fraction of sp³-hybridized carbons (Fsp3) is 0.533. The molecule has 0 saturated carbocycles. The third-order valence-corrected chi connectivity index (χ3v) is 6.41. The van der Waals surface area contributed by atoms with Crippen molar-refractivity contribution < 1.29 is 13.2 Å². The van der Waals surface area contributed by atoms with Crippen LogP contribution < -0.4 is 10.6 Å². The maximum absolute atomic E-state index is 12.7. The number of rotatable bonds is 8. The third kappa shape index (κ3) is 5.07. The van der Waals surface area contributed by atoms with E-state index in [0.29, 0.717) is 6.42 Å². The third-order valence-electron chi connectivity index (χ3n) is 3.39. The standard InChI is InChI=1S/C15H23BrN2O3S/c1-15(2,11-18-14(19)5-4-10-17-3)22(20,21)13-8-6-12(16)7-9-13/h6-9,17H,4-5,10-11H2,1-3H3,(H,18,19). The second-order valence-electron chi connectivity index (χ2n) is 5.70. The lowest BCUT2D eigenvalue weighted by molar-refractivity contribution is -0.121. The van der Waals surface area contributed by atoms with Crippen LogP contribution in [-0.2, 0) is 14.6 Å². The molecule has 1 amide bonds. The van der Waals surface area contributed by atoms with Gasteiger partial charge in [-0.05, 0) is 58.1 Å². The Kier molecular flexibility index (Phi) is 7.02. The van der Waals surface area contributed by atoms with E-state index in [2.05, 4.69) is 26.6 Å². The van der Waals surface area contributed by atoms with Gasteiger partial charge in [0.15, 0.2) is 9.84 Å². The first-order valence-electron chi connectivity index (χ1n) is 7.12. The molecule has 0 fully saturated rings. The number of hydrogen-bond donors (Lipinski definition) is 2. The number of carbonyl (C=O) groups is 1. The van der Waals surface area contributed by atoms with Gasteiger partial charge in [-0.15, -0.1) is 0 Å². The Morgan fingerprint density at radius 2 is 1.82 bits per heavy atom. The number of halogens is 1. The lowest BCUT2D eigenvalue weighted by Gasteiger charge is -2.25. The number of carbonyl (C=O) groups excluding carboxylic acids is 1. The topological polar surface area (TPSA) is 75.3 Å². The number of hydrogen-bond acceptors (Lipinski definition) is 4. The van der Waals surface area contributed by atoms with Gasteiger partial charge in [-0.1, -0.05) is 15.9 Å². The quantitative estimate of drug-likeness (QED) is 0.666. The van der Waals surface area contributed by atoms with Crippen molar-refractivity contribution in [3.8, 4) is 0 Å². The van der Waals surface area contributed by atoms with Crippen molar-refractivity contribution in [2.75, 3.05) is 20.1 Å². The predicted octanol–water partition coefficient (Wildman–Crippen LogP) is 2.12. The molecule has 2 N–H and O–H groups in total. The van der Waals surface area contributed by atoms with Crippen LogP contribution in [-0.4, -0.2) is 39.2 Å². The summed E-state index contributed by atoms with van der Waals surface area (Å²) in [5.74, 6) is -0.130. The molecule has 1 rings (SSSR count). The van der Waals surface area contributed by atoms with Crippen molar-refractivity contribution in [2.24, 2.45) is 0 Å². The first-order chi connectivity index (χ1) is 10.2. The second-order valence-corrected chi connectivity index (χ2v) is 9.20. The van der Waals surface area contributed by atoms with E-state index >= 15 is 0 Å². The normalized spacial score (nSPS) is 12.2. The summed E-state index contributed by atoms with van der Waals surface area (Å²) < 4.78 is 25.1. The minimum absolute atomic E-state index is 0.0871. The van der Waals surface area contributed by atoms with E-state index in [0.717, 1.165) is 17.4 Å². The van der Waals surface area contributed by atoms with Crippen LogP contribution in [0.4, 0.5) is 0 Å². The Labute approximate surface area is 140 Å². The van der Waals surface area contributed by atoms with Gasteiger partial charge in [0.05, 0.1) is 9.64 Å². The highest BCUT2D eigenvalue weighted by Crippen LogP contribution is 2.26. The summed E-state index contributed by atoms with van der Waals surface area (Å²) >= 11 is 3.29. The van der Waals surface area contributed by atoms with Crippen molar-refractivity contribution in [1.82, 2.24) is 10.6 Å². The molecule has 7 heteroatoms. The maximum atomic E-state index is 12.7. The van der Waals surface area contributed by atoms with Gasteiger partial charge < -0.3 is 10.6 Å². The molecule has 0 aromatic heterocycles. The number of amides is 1. The zero-order valence-corrected chi connectivity index (χ0v) is 15.6. The number of nitrogens with one attached hydrogen (secondary N) is 2. The molecule has 1 aromatic carbocycles. The van der Waals surface area contributed by atoms with Crippen LogP contribution in [0.15, 0.2) is 33.6 Å². The fourth-order valence-electron chi connectivity index (χ4n) is 1.85. The predicted molar refractivity (Wildman–Crippen MR) is 91.6 cm³/mol. The minimum atomic E-state index is -3.52. The number of sulfone groups is 1. The van der Waals surface area contributed by atoms with E-state index in [1.807, 2.05) is 7.05 Å². The van der Waals surface area contributed by atoms with Crippen LogP contribution in [0.5, 0.6) is 0 Å². The summed E-state index contributed by atoms with van der Waals surface area (Å²) in [6.45, 7) is 4.09. The second kappa shape index (κ2) is 8.08. The van der Waals surface area contributed by atoms with Crippen LogP contribution in [0.25, 0.3) is 0 Å². The Morgan fingerprint density at radius 1 is 1.23 bits per heavy atom. The van der Waals surface area contributed by atoms with Crippen LogP contribution >= 0.6 is 15.9 Å². The molecule has 124 valence electrons. The van der Waals surface area contributed by atoms with Gasteiger partial charge in [0.2, 0.25) is 5.91 Å². The molecule has 22 heavy (non-hydrogen) atoms. The van der Waals surface area contributed by atoms with Gasteiger partial charge in [0.1, 0.15) is 0 Å². The van der Waals surface area contributed by atoms with Gasteiger partial charge in [-0.3, -0.25) is 4.79 Å². The van der Waals surface area contributed by atoms with Gasteiger partial charge in [-0.25, -0.2) is 8.42 Å². The molecule has 0 unspecified atom stereocenters. The van der Waals surface area contributed by atoms with Gasteiger partial charge in [0.25, 0.3) is 0 Å². The molecule has 0 aliphatic carbocycles. The average molecular weight is 391 g/mol. The molecule has 0 spiro atoms. The van der Waals surface area contributed by atoms with E-state index in [1.165, 1.54) is 0 Å². The van der Waals surface area contributed by atoms with E-state index in [1.54, 1.807) is 38.1 Å². The van der Waals surface area contributed by atoms with E-state index in [4.69, 9.17) is 0 Å². The van der Waals surface area contributed by atoms with Crippen LogP contribution in [0, 0.1) is 0 Å². The molecule has 0 aliphatic rings. The summed E-state index contributed by atoms with van der Waals surface area (Å²) in [5.41, 5.74) is 0. The average Bonchev–Trinajstić information content (AvgIpc) is 2.46. The molecule has 5 nitrogen and oxygen atoms in total. The summed E-state index contributed by atoms with van der Waals surface area (Å²) in [4.78, 5) is 12.0.